The average molecular weight is 1030 g/mol. The predicted octanol–water partition coefficient (Wildman–Crippen LogP) is -5.60. The Morgan fingerprint density at radius 2 is 0.958 bits per heavy atom. The number of aliphatic hydroxyl groups excluding tert-OH is 2. The Labute approximate surface area is 418 Å². The molecule has 0 aliphatic heterocycles. The Morgan fingerprint density at radius 1 is 0.514 bits per heavy atom. The zero-order chi connectivity index (χ0) is 55.6. The van der Waals surface area contributed by atoms with Crippen LogP contribution in [0.2, 0.25) is 0 Å². The monoisotopic (exact) mass is 1030 g/mol. The van der Waals surface area contributed by atoms with Crippen molar-refractivity contribution in [2.75, 3.05) is 19.7 Å². The Hall–Kier alpha value is -6.52. The van der Waals surface area contributed by atoms with Crippen molar-refractivity contribution in [2.45, 2.75) is 167 Å². The summed E-state index contributed by atoms with van der Waals surface area (Å²) in [6, 6.07) is -12.9. The van der Waals surface area contributed by atoms with Gasteiger partial charge in [-0.2, -0.15) is 0 Å². The molecule has 0 fully saturated rings. The summed E-state index contributed by atoms with van der Waals surface area (Å²) >= 11 is 0. The number of carbonyl (C=O) groups is 12. The molecule has 0 aliphatic carbocycles. The summed E-state index contributed by atoms with van der Waals surface area (Å²) in [6.07, 6.45) is -2.48. The average Bonchev–Trinajstić information content (AvgIpc) is 3.28. The van der Waals surface area contributed by atoms with E-state index in [2.05, 4.69) is 47.9 Å². The van der Waals surface area contributed by atoms with E-state index in [-0.39, 0.29) is 25.3 Å². The molecule has 10 atom stereocenters. The Bertz CT molecular complexity index is 1880. The first-order valence-electron chi connectivity index (χ1n) is 23.6. The van der Waals surface area contributed by atoms with Gasteiger partial charge in [0, 0.05) is 12.8 Å². The molecule has 0 aliphatic rings. The fourth-order valence-corrected chi connectivity index (χ4v) is 6.54. The standard InChI is InChI=1S/C44H78N12O16/c1-20(2)17-28(44(71)72)53-40(67)29(19-57)54-37(64)25(11-9-10-16-45)52-43(70)35(22(5)6)55-36(63)23(7)49-42(69)34(21(3)4)56-39(66)27(12-14-30(46)59)51-38(65)26(13-15-32(61)62)50-31(60)18-48-41(68)33(47)24(8)58/h20-29,33-35,57-58H,9-19,45,47H2,1-8H3,(H2,46,59)(H,48,68)(H,49,69)(H,50,60)(H,51,65)(H,52,70)(H,53,67)(H,54,64)(H,55,63)(H,56,66)(H,61,62)(H,71,72)/t23-,24+,25-,26-,27-,28-,29-,33-,34-,35-/m0/s1. The minimum absolute atomic E-state index is 0.00513. The van der Waals surface area contributed by atoms with Crippen LogP contribution in [0.25, 0.3) is 0 Å². The quantitative estimate of drug-likeness (QED) is 0.0263. The first kappa shape index (κ1) is 65.5. The molecular weight excluding hydrogens is 953 g/mol. The molecule has 0 unspecified atom stereocenters. The number of hydrogen-bond donors (Lipinski definition) is 16. The van der Waals surface area contributed by atoms with E-state index in [9.17, 15) is 78.0 Å². The number of rotatable bonds is 35. The summed E-state index contributed by atoms with van der Waals surface area (Å²) in [7, 11) is 0. The SMILES string of the molecule is CC(C)C[C@H](NC(=O)[C@H](CO)NC(=O)[C@H](CCCCN)NC(=O)[C@@H](NC(=O)[C@H](C)NC(=O)[C@@H](NC(=O)[C@H](CCC(N)=O)NC(=O)[C@H](CCC(=O)O)NC(=O)CNC(=O)[C@@H](N)[C@@H](C)O)C(C)C)C(C)C)C(=O)O. The lowest BCUT2D eigenvalue weighted by molar-refractivity contribution is -0.143. The molecule has 0 radical (unpaired) electrons. The molecular formula is C44H78N12O16. The van der Waals surface area contributed by atoms with Crippen LogP contribution in [-0.2, 0) is 57.5 Å². The molecule has 0 saturated carbocycles. The van der Waals surface area contributed by atoms with Crippen molar-refractivity contribution >= 4 is 71.0 Å². The second-order valence-corrected chi connectivity index (χ2v) is 18.4. The van der Waals surface area contributed by atoms with Gasteiger partial charge in [0.25, 0.3) is 0 Å². The molecule has 0 spiro atoms. The molecule has 0 aromatic carbocycles. The second-order valence-electron chi connectivity index (χ2n) is 18.4. The zero-order valence-corrected chi connectivity index (χ0v) is 42.2. The maximum absolute atomic E-state index is 13.7. The Morgan fingerprint density at radius 3 is 1.43 bits per heavy atom. The molecule has 28 heteroatoms. The highest BCUT2D eigenvalue weighted by atomic mass is 16.4. The van der Waals surface area contributed by atoms with E-state index in [0.717, 1.165) is 0 Å². The second kappa shape index (κ2) is 33.2. The summed E-state index contributed by atoms with van der Waals surface area (Å²) in [6.45, 7) is 10.8. The lowest BCUT2D eigenvalue weighted by Gasteiger charge is -2.29. The highest BCUT2D eigenvalue weighted by Crippen LogP contribution is 2.11. The molecule has 0 bridgehead atoms. The van der Waals surface area contributed by atoms with Gasteiger partial charge in [-0.05, 0) is 76.7 Å². The van der Waals surface area contributed by atoms with Crippen LogP contribution < -0.4 is 65.1 Å². The molecule has 0 aromatic rings. The van der Waals surface area contributed by atoms with E-state index in [1.165, 1.54) is 27.7 Å². The lowest BCUT2D eigenvalue weighted by atomic mass is 10.0. The highest BCUT2D eigenvalue weighted by Gasteiger charge is 2.36. The lowest BCUT2D eigenvalue weighted by Crippen LogP contribution is -2.61. The van der Waals surface area contributed by atoms with Crippen LogP contribution in [-0.4, -0.2) is 172 Å². The number of aliphatic carboxylic acids is 2. The normalized spacial score (nSPS) is 15.4. The zero-order valence-electron chi connectivity index (χ0n) is 42.2. The number of amides is 10. The number of aliphatic hydroxyl groups is 2. The summed E-state index contributed by atoms with van der Waals surface area (Å²) < 4.78 is 0. The van der Waals surface area contributed by atoms with Gasteiger partial charge in [-0.25, -0.2) is 4.79 Å². The number of nitrogens with two attached hydrogens (primary N) is 3. The molecule has 10 amide bonds. The topological polar surface area (TPSA) is 472 Å². The van der Waals surface area contributed by atoms with Crippen molar-refractivity contribution in [3.05, 3.63) is 0 Å². The number of hydrogen-bond acceptors (Lipinski definition) is 16. The first-order chi connectivity index (χ1) is 33.5. The van der Waals surface area contributed by atoms with Crippen molar-refractivity contribution in [1.82, 2.24) is 47.9 Å². The van der Waals surface area contributed by atoms with Gasteiger partial charge in [-0.1, -0.05) is 41.5 Å². The van der Waals surface area contributed by atoms with E-state index in [4.69, 9.17) is 17.2 Å². The third-order valence-electron chi connectivity index (χ3n) is 10.8. The molecule has 19 N–H and O–H groups in total. The minimum atomic E-state index is -1.61. The number of carboxylic acid groups (broad SMARTS) is 2. The van der Waals surface area contributed by atoms with Crippen molar-refractivity contribution in [3.63, 3.8) is 0 Å². The van der Waals surface area contributed by atoms with Crippen molar-refractivity contribution in [3.8, 4) is 0 Å². The smallest absolute Gasteiger partial charge is 0.326 e. The van der Waals surface area contributed by atoms with Crippen molar-refractivity contribution in [2.24, 2.45) is 35.0 Å². The van der Waals surface area contributed by atoms with E-state index < -0.39 is 182 Å². The van der Waals surface area contributed by atoms with Crippen molar-refractivity contribution in [1.29, 1.82) is 0 Å². The third-order valence-corrected chi connectivity index (χ3v) is 10.8. The molecule has 0 rings (SSSR count). The maximum Gasteiger partial charge on any atom is 0.326 e. The third kappa shape index (κ3) is 25.0. The van der Waals surface area contributed by atoms with Crippen LogP contribution in [0.1, 0.15) is 107 Å². The fraction of sp³-hybridized carbons (Fsp3) is 0.727. The van der Waals surface area contributed by atoms with Crippen molar-refractivity contribution < 1.29 is 78.0 Å². The number of unbranched alkanes of at least 4 members (excludes halogenated alkanes) is 1. The van der Waals surface area contributed by atoms with E-state index in [0.29, 0.717) is 12.8 Å². The van der Waals surface area contributed by atoms with E-state index in [1.54, 1.807) is 27.7 Å². The van der Waals surface area contributed by atoms with E-state index >= 15 is 0 Å². The highest BCUT2D eigenvalue weighted by molar-refractivity contribution is 5.98. The van der Waals surface area contributed by atoms with Crippen LogP contribution in [0, 0.1) is 17.8 Å². The maximum atomic E-state index is 13.7. The predicted molar refractivity (Wildman–Crippen MR) is 256 cm³/mol. The Kier molecular flexibility index (Phi) is 30.2. The first-order valence-corrected chi connectivity index (χ1v) is 23.6. The largest absolute Gasteiger partial charge is 0.481 e. The van der Waals surface area contributed by atoms with Gasteiger partial charge >= 0.3 is 11.9 Å². The van der Waals surface area contributed by atoms with Gasteiger partial charge < -0.3 is 85.5 Å². The van der Waals surface area contributed by atoms with Crippen LogP contribution >= 0.6 is 0 Å². The molecule has 72 heavy (non-hydrogen) atoms. The molecule has 0 aromatic heterocycles. The number of carbonyl (C=O) groups excluding carboxylic acids is 10. The van der Waals surface area contributed by atoms with Gasteiger partial charge in [0.1, 0.15) is 54.4 Å². The van der Waals surface area contributed by atoms with Gasteiger partial charge in [0.2, 0.25) is 59.1 Å². The molecule has 0 saturated heterocycles. The van der Waals surface area contributed by atoms with Crippen LogP contribution in [0.3, 0.4) is 0 Å². The number of carboxylic acids is 2. The Balaban J connectivity index is 6.21. The summed E-state index contributed by atoms with van der Waals surface area (Å²) in [5.74, 6) is -13.5. The fourth-order valence-electron chi connectivity index (χ4n) is 6.54. The van der Waals surface area contributed by atoms with Gasteiger partial charge in [0.15, 0.2) is 0 Å². The van der Waals surface area contributed by atoms with Crippen LogP contribution in [0.15, 0.2) is 0 Å². The van der Waals surface area contributed by atoms with Crippen LogP contribution in [0.5, 0.6) is 0 Å². The summed E-state index contributed by atoms with van der Waals surface area (Å²) in [5, 5.41) is 59.7. The summed E-state index contributed by atoms with van der Waals surface area (Å²) in [5.41, 5.74) is 16.5. The summed E-state index contributed by atoms with van der Waals surface area (Å²) in [4.78, 5) is 154. The van der Waals surface area contributed by atoms with Gasteiger partial charge in [-0.3, -0.25) is 52.7 Å². The van der Waals surface area contributed by atoms with Crippen LogP contribution in [0.4, 0.5) is 0 Å². The molecule has 0 heterocycles. The molecule has 28 nitrogen and oxygen atoms in total. The number of primary amides is 1. The van der Waals surface area contributed by atoms with Gasteiger partial charge in [0.05, 0.1) is 19.3 Å². The van der Waals surface area contributed by atoms with E-state index in [1.807, 2.05) is 0 Å². The van der Waals surface area contributed by atoms with Gasteiger partial charge in [-0.15, -0.1) is 0 Å². The minimum Gasteiger partial charge on any atom is -0.481 e. The molecule has 410 valence electrons. The number of nitrogens with one attached hydrogen (secondary N) is 9.